The average molecular weight is 274 g/mol. The SMILES string of the molecule is Oc1cc(O)c(OC(F)(F)F)nc1Br. The summed E-state index contributed by atoms with van der Waals surface area (Å²) in [6.07, 6.45) is -4.94. The van der Waals surface area contributed by atoms with Gasteiger partial charge in [-0.1, -0.05) is 0 Å². The van der Waals surface area contributed by atoms with Crippen molar-refractivity contribution in [1.82, 2.24) is 4.98 Å². The van der Waals surface area contributed by atoms with E-state index in [0.29, 0.717) is 6.07 Å². The molecule has 4 nitrogen and oxygen atoms in total. The van der Waals surface area contributed by atoms with Gasteiger partial charge in [0.25, 0.3) is 5.88 Å². The van der Waals surface area contributed by atoms with Gasteiger partial charge in [0.05, 0.1) is 0 Å². The number of alkyl halides is 3. The molecule has 0 aromatic carbocycles. The van der Waals surface area contributed by atoms with Crippen molar-refractivity contribution in [3.05, 3.63) is 10.7 Å². The van der Waals surface area contributed by atoms with Gasteiger partial charge >= 0.3 is 6.36 Å². The first-order chi connectivity index (χ1) is 6.29. The lowest BCUT2D eigenvalue weighted by Gasteiger charge is -2.09. The largest absolute Gasteiger partial charge is 0.574 e. The first-order valence-electron chi connectivity index (χ1n) is 3.14. The van der Waals surface area contributed by atoms with E-state index in [1.807, 2.05) is 0 Å². The van der Waals surface area contributed by atoms with Gasteiger partial charge in [-0.3, -0.25) is 0 Å². The van der Waals surface area contributed by atoms with Crippen molar-refractivity contribution in [3.63, 3.8) is 0 Å². The normalized spacial score (nSPS) is 11.4. The van der Waals surface area contributed by atoms with Gasteiger partial charge < -0.3 is 14.9 Å². The van der Waals surface area contributed by atoms with Gasteiger partial charge in [-0.2, -0.15) is 4.98 Å². The van der Waals surface area contributed by atoms with E-state index in [1.165, 1.54) is 0 Å². The summed E-state index contributed by atoms with van der Waals surface area (Å²) in [5.74, 6) is -2.41. The van der Waals surface area contributed by atoms with Gasteiger partial charge in [-0.25, -0.2) is 0 Å². The molecule has 0 amide bonds. The lowest BCUT2D eigenvalue weighted by atomic mass is 10.4. The molecule has 0 unspecified atom stereocenters. The first-order valence-corrected chi connectivity index (χ1v) is 3.93. The number of nitrogens with zero attached hydrogens (tertiary/aromatic N) is 1. The number of halogens is 4. The van der Waals surface area contributed by atoms with Crippen LogP contribution in [-0.4, -0.2) is 21.6 Å². The lowest BCUT2D eigenvalue weighted by Crippen LogP contribution is -2.18. The van der Waals surface area contributed by atoms with Crippen molar-refractivity contribution in [3.8, 4) is 17.4 Å². The zero-order chi connectivity index (χ0) is 10.9. The molecule has 14 heavy (non-hydrogen) atoms. The standard InChI is InChI=1S/C6H3BrF3NO3/c7-4-2(12)1-3(13)5(11-4)14-6(8,9)10/h1,12-13H. The van der Waals surface area contributed by atoms with Crippen LogP contribution in [0.5, 0.6) is 17.4 Å². The maximum absolute atomic E-state index is 11.7. The average Bonchev–Trinajstić information content (AvgIpc) is 1.97. The zero-order valence-electron chi connectivity index (χ0n) is 6.34. The van der Waals surface area contributed by atoms with Crippen molar-refractivity contribution in [2.75, 3.05) is 0 Å². The summed E-state index contributed by atoms with van der Waals surface area (Å²) in [5.41, 5.74) is 0. The lowest BCUT2D eigenvalue weighted by molar-refractivity contribution is -0.276. The van der Waals surface area contributed by atoms with E-state index in [4.69, 9.17) is 10.2 Å². The van der Waals surface area contributed by atoms with E-state index in [1.54, 1.807) is 0 Å². The van der Waals surface area contributed by atoms with Crippen LogP contribution in [0.3, 0.4) is 0 Å². The van der Waals surface area contributed by atoms with E-state index in [-0.39, 0.29) is 4.60 Å². The van der Waals surface area contributed by atoms with Crippen molar-refractivity contribution < 1.29 is 28.1 Å². The van der Waals surface area contributed by atoms with Crippen LogP contribution in [0.15, 0.2) is 10.7 Å². The number of hydrogen-bond acceptors (Lipinski definition) is 4. The molecular weight excluding hydrogens is 271 g/mol. The van der Waals surface area contributed by atoms with Crippen LogP contribution in [0.1, 0.15) is 0 Å². The molecule has 8 heteroatoms. The molecule has 78 valence electrons. The molecule has 0 bridgehead atoms. The smallest absolute Gasteiger partial charge is 0.505 e. The Hall–Kier alpha value is -1.18. The summed E-state index contributed by atoms with van der Waals surface area (Å²) < 4.78 is 38.2. The molecule has 0 aliphatic heterocycles. The summed E-state index contributed by atoms with van der Waals surface area (Å²) in [5, 5.41) is 17.8. The Bertz CT molecular complexity index is 355. The van der Waals surface area contributed by atoms with Gasteiger partial charge in [-0.05, 0) is 15.9 Å². The number of hydrogen-bond donors (Lipinski definition) is 2. The molecule has 1 aromatic heterocycles. The number of ether oxygens (including phenoxy) is 1. The van der Waals surface area contributed by atoms with Crippen molar-refractivity contribution >= 4 is 15.9 Å². The second-order valence-corrected chi connectivity index (χ2v) is 2.92. The predicted molar refractivity (Wildman–Crippen MR) is 41.9 cm³/mol. The molecule has 1 rings (SSSR count). The molecule has 0 saturated heterocycles. The molecule has 1 aromatic rings. The predicted octanol–water partition coefficient (Wildman–Crippen LogP) is 2.15. The van der Waals surface area contributed by atoms with Crippen LogP contribution in [0, 0.1) is 0 Å². The molecule has 0 aliphatic rings. The van der Waals surface area contributed by atoms with Crippen LogP contribution in [-0.2, 0) is 0 Å². The number of pyridine rings is 1. The second kappa shape index (κ2) is 3.52. The van der Waals surface area contributed by atoms with Crippen LogP contribution >= 0.6 is 15.9 Å². The third kappa shape index (κ3) is 2.66. The maximum Gasteiger partial charge on any atom is 0.574 e. The maximum atomic E-state index is 11.7. The molecule has 0 radical (unpaired) electrons. The van der Waals surface area contributed by atoms with Gasteiger partial charge in [0.2, 0.25) is 0 Å². The van der Waals surface area contributed by atoms with E-state index in [0.717, 1.165) is 0 Å². The second-order valence-electron chi connectivity index (χ2n) is 2.17. The number of aromatic hydroxyl groups is 2. The number of rotatable bonds is 1. The molecular formula is C6H3BrF3NO3. The Morgan fingerprint density at radius 2 is 1.86 bits per heavy atom. The summed E-state index contributed by atoms with van der Waals surface area (Å²) in [6.45, 7) is 0. The fraction of sp³-hybridized carbons (Fsp3) is 0.167. The van der Waals surface area contributed by atoms with E-state index in [2.05, 4.69) is 25.7 Å². The van der Waals surface area contributed by atoms with Crippen LogP contribution < -0.4 is 4.74 Å². The van der Waals surface area contributed by atoms with E-state index >= 15 is 0 Å². The zero-order valence-corrected chi connectivity index (χ0v) is 7.93. The Kier molecular flexibility index (Phi) is 2.74. The summed E-state index contributed by atoms with van der Waals surface area (Å²) in [7, 11) is 0. The quantitative estimate of drug-likeness (QED) is 0.770. The molecule has 0 fully saturated rings. The molecule has 0 aliphatic carbocycles. The fourth-order valence-electron chi connectivity index (χ4n) is 0.639. The minimum atomic E-state index is -4.94. The number of aromatic nitrogens is 1. The molecule has 2 N–H and O–H groups in total. The monoisotopic (exact) mass is 273 g/mol. The third-order valence-corrected chi connectivity index (χ3v) is 1.70. The molecule has 0 spiro atoms. The van der Waals surface area contributed by atoms with Crippen molar-refractivity contribution in [1.29, 1.82) is 0 Å². The first kappa shape index (κ1) is 10.9. The molecule has 0 saturated carbocycles. The highest BCUT2D eigenvalue weighted by atomic mass is 79.9. The Morgan fingerprint density at radius 3 is 2.36 bits per heavy atom. The van der Waals surface area contributed by atoms with Crippen molar-refractivity contribution in [2.24, 2.45) is 0 Å². The summed E-state index contributed by atoms with van der Waals surface area (Å²) >= 11 is 2.67. The van der Waals surface area contributed by atoms with Crippen LogP contribution in [0.25, 0.3) is 0 Å². The molecule has 0 atom stereocenters. The van der Waals surface area contributed by atoms with Gasteiger partial charge in [-0.15, -0.1) is 13.2 Å². The van der Waals surface area contributed by atoms with Crippen LogP contribution in [0.2, 0.25) is 0 Å². The highest BCUT2D eigenvalue weighted by Crippen LogP contribution is 2.35. The minimum absolute atomic E-state index is 0.255. The van der Waals surface area contributed by atoms with Gasteiger partial charge in [0, 0.05) is 6.07 Å². The molecule has 1 heterocycles. The Labute approximate surface area is 84.1 Å². The fourth-order valence-corrected chi connectivity index (χ4v) is 0.915. The van der Waals surface area contributed by atoms with Gasteiger partial charge in [0.15, 0.2) is 16.1 Å². The summed E-state index contributed by atoms with van der Waals surface area (Å²) in [4.78, 5) is 3.13. The summed E-state index contributed by atoms with van der Waals surface area (Å²) in [6, 6.07) is 0.679. The topological polar surface area (TPSA) is 62.6 Å². The van der Waals surface area contributed by atoms with E-state index < -0.39 is 23.7 Å². The van der Waals surface area contributed by atoms with E-state index in [9.17, 15) is 13.2 Å². The minimum Gasteiger partial charge on any atom is -0.505 e. The third-order valence-electron chi connectivity index (χ3n) is 1.12. The van der Waals surface area contributed by atoms with Gasteiger partial charge in [0.1, 0.15) is 0 Å². The van der Waals surface area contributed by atoms with Crippen LogP contribution in [0.4, 0.5) is 13.2 Å². The highest BCUT2D eigenvalue weighted by Gasteiger charge is 2.33. The van der Waals surface area contributed by atoms with Crippen molar-refractivity contribution in [2.45, 2.75) is 6.36 Å². The Morgan fingerprint density at radius 1 is 1.29 bits per heavy atom. The Balaban J connectivity index is 3.04. The highest BCUT2D eigenvalue weighted by molar-refractivity contribution is 9.10.